The van der Waals surface area contributed by atoms with Gasteiger partial charge in [-0.05, 0) is 31.4 Å². The van der Waals surface area contributed by atoms with Crippen molar-refractivity contribution in [1.29, 1.82) is 0 Å². The summed E-state index contributed by atoms with van der Waals surface area (Å²) < 4.78 is 0. The molecule has 0 bridgehead atoms. The number of aromatic nitrogens is 2. The van der Waals surface area contributed by atoms with Gasteiger partial charge in [-0.25, -0.2) is 9.78 Å². The average Bonchev–Trinajstić information content (AvgIpc) is 3.35. The molecule has 12 heteroatoms. The number of aromatic amines is 1. The van der Waals surface area contributed by atoms with Crippen LogP contribution in [0.2, 0.25) is 0 Å². The van der Waals surface area contributed by atoms with Crippen LogP contribution in [0.5, 0.6) is 0 Å². The van der Waals surface area contributed by atoms with Gasteiger partial charge in [-0.2, -0.15) is 0 Å². The van der Waals surface area contributed by atoms with Crippen molar-refractivity contribution in [2.75, 3.05) is 13.1 Å². The predicted molar refractivity (Wildman–Crippen MR) is 128 cm³/mol. The van der Waals surface area contributed by atoms with Gasteiger partial charge >= 0.3 is 5.97 Å². The molecule has 9 N–H and O–H groups in total. The molecule has 1 heterocycles. The maximum absolute atomic E-state index is 12.9. The molecule has 0 saturated carbocycles. The molecular formula is C23H33N7O5. The number of nitrogens with two attached hydrogens (primary N) is 2. The summed E-state index contributed by atoms with van der Waals surface area (Å²) in [5.74, 6) is -2.95. The maximum Gasteiger partial charge on any atom is 0.326 e. The number of carbonyl (C=O) groups excluding carboxylic acids is 3. The first kappa shape index (κ1) is 27.5. The number of aliphatic carboxylic acids is 1. The van der Waals surface area contributed by atoms with Gasteiger partial charge in [0.05, 0.1) is 18.9 Å². The zero-order chi connectivity index (χ0) is 25.6. The van der Waals surface area contributed by atoms with Crippen LogP contribution in [-0.4, -0.2) is 70.0 Å². The standard InChI is InChI=1S/C23H33N7O5/c24-9-5-4-8-18(23(34)35)29-20(31)13-27-22(33)19(10-15-6-2-1-3-7-15)30-21(32)17(25)11-16-12-26-14-28-16/h1-3,6-7,12,14,17-19H,4-5,8-11,13,24-25H2,(H,26,28)(H,27,33)(H,29,31)(H,30,32)(H,34,35). The number of benzene rings is 1. The topological polar surface area (TPSA) is 205 Å². The average molecular weight is 488 g/mol. The summed E-state index contributed by atoms with van der Waals surface area (Å²) in [6.45, 7) is -0.0166. The minimum Gasteiger partial charge on any atom is -0.480 e. The lowest BCUT2D eigenvalue weighted by Crippen LogP contribution is -2.54. The van der Waals surface area contributed by atoms with Crippen LogP contribution < -0.4 is 27.4 Å². The van der Waals surface area contributed by atoms with Gasteiger partial charge in [0.15, 0.2) is 0 Å². The number of H-pyrrole nitrogens is 1. The molecule has 0 fully saturated rings. The fraction of sp³-hybridized carbons (Fsp3) is 0.435. The zero-order valence-electron chi connectivity index (χ0n) is 19.4. The van der Waals surface area contributed by atoms with Gasteiger partial charge in [0.1, 0.15) is 12.1 Å². The molecule has 2 rings (SSSR count). The summed E-state index contributed by atoms with van der Waals surface area (Å²) >= 11 is 0. The van der Waals surface area contributed by atoms with E-state index in [0.717, 1.165) is 5.56 Å². The number of imidazole rings is 1. The minimum absolute atomic E-state index is 0.174. The highest BCUT2D eigenvalue weighted by molar-refractivity contribution is 5.92. The molecule has 1 aromatic heterocycles. The summed E-state index contributed by atoms with van der Waals surface area (Å²) in [7, 11) is 0. The second-order valence-electron chi connectivity index (χ2n) is 8.10. The maximum atomic E-state index is 12.9. The molecule has 3 amide bonds. The second-order valence-corrected chi connectivity index (χ2v) is 8.10. The van der Waals surface area contributed by atoms with Gasteiger partial charge in [0, 0.05) is 24.7 Å². The first-order valence-corrected chi connectivity index (χ1v) is 11.4. The van der Waals surface area contributed by atoms with Crippen LogP contribution in [0.4, 0.5) is 0 Å². The highest BCUT2D eigenvalue weighted by atomic mass is 16.4. The lowest BCUT2D eigenvalue weighted by molar-refractivity contribution is -0.142. The number of nitrogens with zero attached hydrogens (tertiary/aromatic N) is 1. The third-order valence-corrected chi connectivity index (χ3v) is 5.25. The minimum atomic E-state index is -1.16. The SMILES string of the molecule is NCCCCC(NC(=O)CNC(=O)C(Cc1ccccc1)NC(=O)C(N)Cc1cnc[nH]1)C(=O)O. The Kier molecular flexibility index (Phi) is 11.4. The van der Waals surface area contributed by atoms with E-state index in [0.29, 0.717) is 25.1 Å². The Morgan fingerprint density at radius 3 is 2.37 bits per heavy atom. The first-order valence-electron chi connectivity index (χ1n) is 11.4. The molecule has 0 aliphatic heterocycles. The summed E-state index contributed by atoms with van der Waals surface area (Å²) in [5.41, 5.74) is 12.9. The Balaban J connectivity index is 1.97. The Bertz CT molecular complexity index is 952. The van der Waals surface area contributed by atoms with Crippen molar-refractivity contribution in [1.82, 2.24) is 25.9 Å². The van der Waals surface area contributed by atoms with Crippen LogP contribution in [0.3, 0.4) is 0 Å². The fourth-order valence-electron chi connectivity index (χ4n) is 3.35. The molecule has 0 saturated heterocycles. The summed E-state index contributed by atoms with van der Waals surface area (Å²) in [6, 6.07) is 6.06. The molecular weight excluding hydrogens is 454 g/mol. The van der Waals surface area contributed by atoms with Crippen LogP contribution in [-0.2, 0) is 32.0 Å². The number of carboxylic acid groups (broad SMARTS) is 1. The molecule has 190 valence electrons. The molecule has 2 aromatic rings. The van der Waals surface area contributed by atoms with E-state index in [4.69, 9.17) is 11.5 Å². The predicted octanol–water partition coefficient (Wildman–Crippen LogP) is -1.18. The third kappa shape index (κ3) is 9.94. The van der Waals surface area contributed by atoms with Gasteiger partial charge in [0.25, 0.3) is 0 Å². The van der Waals surface area contributed by atoms with Crippen molar-refractivity contribution >= 4 is 23.7 Å². The van der Waals surface area contributed by atoms with E-state index in [-0.39, 0.29) is 19.3 Å². The number of hydrogen-bond acceptors (Lipinski definition) is 7. The Morgan fingerprint density at radius 2 is 1.74 bits per heavy atom. The molecule has 3 unspecified atom stereocenters. The smallest absolute Gasteiger partial charge is 0.326 e. The van der Waals surface area contributed by atoms with Crippen molar-refractivity contribution < 1.29 is 24.3 Å². The van der Waals surface area contributed by atoms with E-state index in [9.17, 15) is 24.3 Å². The zero-order valence-corrected chi connectivity index (χ0v) is 19.4. The van der Waals surface area contributed by atoms with E-state index in [1.807, 2.05) is 18.2 Å². The molecule has 0 spiro atoms. The van der Waals surface area contributed by atoms with Crippen LogP contribution in [0.25, 0.3) is 0 Å². The van der Waals surface area contributed by atoms with Crippen molar-refractivity contribution in [2.24, 2.45) is 11.5 Å². The number of carboxylic acids is 1. The first-order chi connectivity index (χ1) is 16.8. The van der Waals surface area contributed by atoms with E-state index < -0.39 is 48.4 Å². The number of amides is 3. The molecule has 0 aliphatic rings. The molecule has 12 nitrogen and oxygen atoms in total. The van der Waals surface area contributed by atoms with Crippen LogP contribution >= 0.6 is 0 Å². The third-order valence-electron chi connectivity index (χ3n) is 5.25. The van der Waals surface area contributed by atoms with Gasteiger partial charge in [-0.15, -0.1) is 0 Å². The summed E-state index contributed by atoms with van der Waals surface area (Å²) in [6.07, 6.45) is 4.82. The van der Waals surface area contributed by atoms with Crippen LogP contribution in [0.1, 0.15) is 30.5 Å². The number of hydrogen-bond donors (Lipinski definition) is 7. The number of nitrogens with one attached hydrogen (secondary N) is 4. The Labute approximate surface area is 203 Å². The highest BCUT2D eigenvalue weighted by Gasteiger charge is 2.26. The van der Waals surface area contributed by atoms with Gasteiger partial charge in [-0.1, -0.05) is 30.3 Å². The number of rotatable bonds is 15. The van der Waals surface area contributed by atoms with Gasteiger partial charge < -0.3 is 37.5 Å². The summed E-state index contributed by atoms with van der Waals surface area (Å²) in [5, 5.41) is 16.8. The number of unbranched alkanes of at least 4 members (excludes halogenated alkanes) is 1. The number of carbonyl (C=O) groups is 4. The normalized spacial score (nSPS) is 13.3. The summed E-state index contributed by atoms with van der Waals surface area (Å²) in [4.78, 5) is 55.9. The van der Waals surface area contributed by atoms with Gasteiger partial charge in [-0.3, -0.25) is 14.4 Å². The fourth-order valence-corrected chi connectivity index (χ4v) is 3.35. The van der Waals surface area contributed by atoms with Crippen molar-refractivity contribution in [3.05, 3.63) is 54.1 Å². The highest BCUT2D eigenvalue weighted by Crippen LogP contribution is 2.05. The lowest BCUT2D eigenvalue weighted by atomic mass is 10.0. The Hall–Kier alpha value is -3.77. The molecule has 1 aromatic carbocycles. The second kappa shape index (κ2) is 14.5. The lowest BCUT2D eigenvalue weighted by Gasteiger charge is -2.21. The Morgan fingerprint density at radius 1 is 1.00 bits per heavy atom. The van der Waals surface area contributed by atoms with Crippen LogP contribution in [0, 0.1) is 0 Å². The largest absolute Gasteiger partial charge is 0.480 e. The van der Waals surface area contributed by atoms with Crippen molar-refractivity contribution in [3.63, 3.8) is 0 Å². The monoisotopic (exact) mass is 487 g/mol. The van der Waals surface area contributed by atoms with E-state index in [1.54, 1.807) is 18.3 Å². The molecule has 3 atom stereocenters. The van der Waals surface area contributed by atoms with Crippen molar-refractivity contribution in [2.45, 2.75) is 50.2 Å². The molecule has 0 radical (unpaired) electrons. The van der Waals surface area contributed by atoms with Gasteiger partial charge in [0.2, 0.25) is 17.7 Å². The molecule has 35 heavy (non-hydrogen) atoms. The van der Waals surface area contributed by atoms with E-state index in [1.165, 1.54) is 6.33 Å². The quantitative estimate of drug-likeness (QED) is 0.152. The molecule has 0 aliphatic carbocycles. The van der Waals surface area contributed by atoms with E-state index in [2.05, 4.69) is 25.9 Å². The van der Waals surface area contributed by atoms with Crippen molar-refractivity contribution in [3.8, 4) is 0 Å². The van der Waals surface area contributed by atoms with Crippen LogP contribution in [0.15, 0.2) is 42.9 Å². The van der Waals surface area contributed by atoms with E-state index >= 15 is 0 Å².